The summed E-state index contributed by atoms with van der Waals surface area (Å²) in [5.41, 5.74) is 0.606. The SMILES string of the molecule is CCOC(=O)C(=Cc1cc[nH]c1)C(=O)OCC. The van der Waals surface area contributed by atoms with Crippen LogP contribution in [-0.2, 0) is 19.1 Å². The van der Waals surface area contributed by atoms with Crippen LogP contribution in [0, 0.1) is 0 Å². The number of carbonyl (C=O) groups is 2. The third-order valence-electron chi connectivity index (χ3n) is 1.92. The normalized spacial score (nSPS) is 9.53. The van der Waals surface area contributed by atoms with Gasteiger partial charge in [-0.25, -0.2) is 9.59 Å². The highest BCUT2D eigenvalue weighted by molar-refractivity contribution is 6.17. The molecule has 0 aliphatic carbocycles. The number of nitrogens with one attached hydrogen (secondary N) is 1. The number of aromatic amines is 1. The van der Waals surface area contributed by atoms with Gasteiger partial charge >= 0.3 is 11.9 Å². The molecule has 0 aliphatic heterocycles. The molecule has 17 heavy (non-hydrogen) atoms. The Morgan fingerprint density at radius 3 is 2.24 bits per heavy atom. The van der Waals surface area contributed by atoms with Crippen molar-refractivity contribution in [1.29, 1.82) is 0 Å². The molecule has 0 aliphatic rings. The highest BCUT2D eigenvalue weighted by Gasteiger charge is 2.20. The lowest BCUT2D eigenvalue weighted by atomic mass is 10.2. The second-order valence-corrected chi connectivity index (χ2v) is 3.14. The van der Waals surface area contributed by atoms with Crippen LogP contribution in [0.25, 0.3) is 6.08 Å². The summed E-state index contributed by atoms with van der Waals surface area (Å²) in [5, 5.41) is 0. The van der Waals surface area contributed by atoms with E-state index < -0.39 is 11.9 Å². The molecule has 5 nitrogen and oxygen atoms in total. The quantitative estimate of drug-likeness (QED) is 0.365. The molecule has 0 amide bonds. The first kappa shape index (κ1) is 13.0. The summed E-state index contributed by atoms with van der Waals surface area (Å²) < 4.78 is 9.60. The predicted molar refractivity (Wildman–Crippen MR) is 62.0 cm³/mol. The molecule has 0 unspecified atom stereocenters. The minimum atomic E-state index is -0.674. The lowest BCUT2D eigenvalue weighted by Gasteiger charge is -2.05. The smallest absolute Gasteiger partial charge is 0.345 e. The van der Waals surface area contributed by atoms with Gasteiger partial charge in [-0.1, -0.05) is 0 Å². The van der Waals surface area contributed by atoms with Crippen molar-refractivity contribution in [3.63, 3.8) is 0 Å². The second-order valence-electron chi connectivity index (χ2n) is 3.14. The Labute approximate surface area is 99.4 Å². The minimum Gasteiger partial charge on any atom is -0.462 e. The molecule has 1 heterocycles. The Morgan fingerprint density at radius 1 is 1.24 bits per heavy atom. The van der Waals surface area contributed by atoms with Crippen molar-refractivity contribution in [1.82, 2.24) is 4.98 Å². The molecular formula is C12H15NO4. The van der Waals surface area contributed by atoms with E-state index >= 15 is 0 Å². The van der Waals surface area contributed by atoms with Crippen molar-refractivity contribution in [3.8, 4) is 0 Å². The van der Waals surface area contributed by atoms with Gasteiger partial charge in [-0.15, -0.1) is 0 Å². The Hall–Kier alpha value is -2.04. The van der Waals surface area contributed by atoms with Gasteiger partial charge in [-0.2, -0.15) is 0 Å². The van der Waals surface area contributed by atoms with Crippen LogP contribution in [0.4, 0.5) is 0 Å². The Bertz CT molecular complexity index is 386. The maximum absolute atomic E-state index is 11.6. The fourth-order valence-corrected chi connectivity index (χ4v) is 1.21. The van der Waals surface area contributed by atoms with Crippen molar-refractivity contribution in [2.45, 2.75) is 13.8 Å². The monoisotopic (exact) mass is 237 g/mol. The van der Waals surface area contributed by atoms with Crippen LogP contribution in [0.1, 0.15) is 19.4 Å². The van der Waals surface area contributed by atoms with Crippen molar-refractivity contribution in [2.75, 3.05) is 13.2 Å². The molecule has 1 rings (SSSR count). The van der Waals surface area contributed by atoms with Gasteiger partial charge in [0.15, 0.2) is 0 Å². The number of aromatic nitrogens is 1. The molecule has 1 aromatic rings. The van der Waals surface area contributed by atoms with Gasteiger partial charge in [0.25, 0.3) is 0 Å². The van der Waals surface area contributed by atoms with E-state index in [1.807, 2.05) is 0 Å². The zero-order valence-corrected chi connectivity index (χ0v) is 9.86. The van der Waals surface area contributed by atoms with Gasteiger partial charge in [-0.3, -0.25) is 0 Å². The number of carbonyl (C=O) groups excluding carboxylic acids is 2. The van der Waals surface area contributed by atoms with Crippen LogP contribution in [-0.4, -0.2) is 30.1 Å². The predicted octanol–water partition coefficient (Wildman–Crippen LogP) is 1.52. The van der Waals surface area contributed by atoms with Crippen LogP contribution in [0.2, 0.25) is 0 Å². The molecule has 0 saturated heterocycles. The maximum atomic E-state index is 11.6. The molecule has 0 atom stereocenters. The van der Waals surface area contributed by atoms with Crippen LogP contribution in [0.15, 0.2) is 24.0 Å². The van der Waals surface area contributed by atoms with Crippen molar-refractivity contribution in [3.05, 3.63) is 29.6 Å². The van der Waals surface area contributed by atoms with Gasteiger partial charge in [0, 0.05) is 12.4 Å². The first-order chi connectivity index (χ1) is 8.19. The fourth-order valence-electron chi connectivity index (χ4n) is 1.21. The molecule has 0 aromatic carbocycles. The van der Waals surface area contributed by atoms with Gasteiger partial charge in [-0.05, 0) is 31.6 Å². The fraction of sp³-hybridized carbons (Fsp3) is 0.333. The standard InChI is InChI=1S/C12H15NO4/c1-3-16-11(14)10(12(15)17-4-2)7-9-5-6-13-8-9/h5-8,13H,3-4H2,1-2H3. The molecule has 0 bridgehead atoms. The van der Waals surface area contributed by atoms with Crippen LogP contribution < -0.4 is 0 Å². The van der Waals surface area contributed by atoms with E-state index in [1.165, 1.54) is 6.08 Å². The molecule has 1 aromatic heterocycles. The topological polar surface area (TPSA) is 68.4 Å². The van der Waals surface area contributed by atoms with Crippen molar-refractivity contribution in [2.24, 2.45) is 0 Å². The summed E-state index contributed by atoms with van der Waals surface area (Å²) in [7, 11) is 0. The van der Waals surface area contributed by atoms with E-state index in [1.54, 1.807) is 32.3 Å². The van der Waals surface area contributed by atoms with Gasteiger partial charge in [0.05, 0.1) is 13.2 Å². The summed E-state index contributed by atoms with van der Waals surface area (Å²) in [6.07, 6.45) is 4.80. The zero-order valence-electron chi connectivity index (χ0n) is 9.86. The number of esters is 2. The Morgan fingerprint density at radius 2 is 1.82 bits per heavy atom. The number of hydrogen-bond acceptors (Lipinski definition) is 4. The van der Waals surface area contributed by atoms with Crippen LogP contribution in [0.5, 0.6) is 0 Å². The highest BCUT2D eigenvalue weighted by atomic mass is 16.6. The average Bonchev–Trinajstić information content (AvgIpc) is 2.79. The second kappa shape index (κ2) is 6.52. The van der Waals surface area contributed by atoms with E-state index in [9.17, 15) is 9.59 Å². The molecule has 0 fully saturated rings. The summed E-state index contributed by atoms with van der Waals surface area (Å²) >= 11 is 0. The molecule has 0 spiro atoms. The Kier molecular flexibility index (Phi) is 5.00. The van der Waals surface area contributed by atoms with E-state index in [0.717, 1.165) is 0 Å². The summed E-state index contributed by atoms with van der Waals surface area (Å²) in [5.74, 6) is -1.35. The van der Waals surface area contributed by atoms with Gasteiger partial charge in [0.1, 0.15) is 5.57 Å². The third kappa shape index (κ3) is 3.79. The summed E-state index contributed by atoms with van der Waals surface area (Å²) in [6, 6.07) is 1.73. The molecule has 0 saturated carbocycles. The minimum absolute atomic E-state index is 0.103. The number of ether oxygens (including phenoxy) is 2. The molecule has 5 heteroatoms. The van der Waals surface area contributed by atoms with Crippen LogP contribution in [0.3, 0.4) is 0 Å². The average molecular weight is 237 g/mol. The zero-order chi connectivity index (χ0) is 12.7. The first-order valence-corrected chi connectivity index (χ1v) is 5.37. The van der Waals surface area contributed by atoms with E-state index in [2.05, 4.69) is 4.98 Å². The number of hydrogen-bond donors (Lipinski definition) is 1. The lowest BCUT2D eigenvalue weighted by molar-refractivity contribution is -0.146. The first-order valence-electron chi connectivity index (χ1n) is 5.37. The third-order valence-corrected chi connectivity index (χ3v) is 1.92. The molecule has 92 valence electrons. The van der Waals surface area contributed by atoms with E-state index in [-0.39, 0.29) is 18.8 Å². The van der Waals surface area contributed by atoms with Gasteiger partial charge < -0.3 is 14.5 Å². The molecule has 1 N–H and O–H groups in total. The highest BCUT2D eigenvalue weighted by Crippen LogP contribution is 2.09. The number of rotatable bonds is 5. The maximum Gasteiger partial charge on any atom is 0.345 e. The number of H-pyrrole nitrogens is 1. The van der Waals surface area contributed by atoms with E-state index in [0.29, 0.717) is 5.56 Å². The van der Waals surface area contributed by atoms with Crippen LogP contribution >= 0.6 is 0 Å². The molecule has 0 radical (unpaired) electrons. The summed E-state index contributed by atoms with van der Waals surface area (Å²) in [4.78, 5) is 26.0. The van der Waals surface area contributed by atoms with E-state index in [4.69, 9.17) is 9.47 Å². The molecular weight excluding hydrogens is 222 g/mol. The van der Waals surface area contributed by atoms with Gasteiger partial charge in [0.2, 0.25) is 0 Å². The lowest BCUT2D eigenvalue weighted by Crippen LogP contribution is -2.18. The Balaban J connectivity index is 2.93. The van der Waals surface area contributed by atoms with Crippen molar-refractivity contribution < 1.29 is 19.1 Å². The van der Waals surface area contributed by atoms with Crippen molar-refractivity contribution >= 4 is 18.0 Å². The summed E-state index contributed by atoms with van der Waals surface area (Å²) in [6.45, 7) is 3.78. The largest absolute Gasteiger partial charge is 0.462 e.